The fourth-order valence-corrected chi connectivity index (χ4v) is 6.44. The first-order valence-corrected chi connectivity index (χ1v) is 16.1. The number of hydrogen-bond acceptors (Lipinski definition) is 8. The number of nitrogens with zero attached hydrogens (tertiary/aromatic N) is 6. The minimum atomic E-state index is -0.136. The monoisotopic (exact) mass is 647 g/mol. The van der Waals surface area contributed by atoms with Gasteiger partial charge in [0.1, 0.15) is 23.5 Å². The van der Waals surface area contributed by atoms with Crippen molar-refractivity contribution in [2.24, 2.45) is 5.92 Å². The molecule has 2 aliphatic carbocycles. The Labute approximate surface area is 282 Å². The predicted octanol–water partition coefficient (Wildman–Crippen LogP) is 4.45. The van der Waals surface area contributed by atoms with Gasteiger partial charge < -0.3 is 9.88 Å². The van der Waals surface area contributed by atoms with Gasteiger partial charge in [0.2, 0.25) is 0 Å². The molecule has 3 aromatic heterocycles. The third-order valence-corrected chi connectivity index (χ3v) is 8.97. The molecule has 8 rings (SSSR count). The molecule has 1 N–H and O–H groups in total. The lowest BCUT2D eigenvalue weighted by Gasteiger charge is -2.23. The van der Waals surface area contributed by atoms with E-state index in [9.17, 15) is 14.4 Å². The first-order chi connectivity index (χ1) is 23.8. The third kappa shape index (κ3) is 6.16. The van der Waals surface area contributed by atoms with E-state index in [4.69, 9.17) is 0 Å². The van der Waals surface area contributed by atoms with Crippen molar-refractivity contribution < 1.29 is 14.4 Å². The first kappa shape index (κ1) is 31.4. The molecule has 0 saturated heterocycles. The van der Waals surface area contributed by atoms with Gasteiger partial charge in [-0.2, -0.15) is 0 Å². The number of amides is 1. The maximum Gasteiger partial charge on any atom is 0.251 e. The van der Waals surface area contributed by atoms with Crippen LogP contribution < -0.4 is 15.8 Å². The molecule has 2 aliphatic rings. The zero-order valence-corrected chi connectivity index (χ0v) is 27.3. The van der Waals surface area contributed by atoms with E-state index in [-0.39, 0.29) is 29.3 Å². The number of rotatable bonds is 5. The van der Waals surface area contributed by atoms with E-state index in [1.54, 1.807) is 30.9 Å². The van der Waals surface area contributed by atoms with Crippen LogP contribution in [0.25, 0.3) is 45.7 Å². The second kappa shape index (κ2) is 13.2. The number of hydrogen-bond donors (Lipinski definition) is 1. The van der Waals surface area contributed by atoms with Gasteiger partial charge in [0, 0.05) is 47.8 Å². The molecule has 0 spiro atoms. The summed E-state index contributed by atoms with van der Waals surface area (Å²) in [4.78, 5) is 58.0. The summed E-state index contributed by atoms with van der Waals surface area (Å²) in [7, 11) is 0. The number of carbonyl (C=O) groups excluding carboxylic acids is 3. The van der Waals surface area contributed by atoms with Gasteiger partial charge in [0.15, 0.2) is 11.4 Å². The Hall–Kier alpha value is -6.16. The molecule has 0 bridgehead atoms. The Morgan fingerprint density at radius 3 is 2.57 bits per heavy atom. The standard InChI is InChI=1S/C20H16O2.C19H17N7O/c1-11-9-17-13(12(2)20(11)22)7-8-15-14-5-3-4-6-16(14)19(21)10-18(15)17;1-13-21-6-5-16(25-13)14-3-2-4-15(9-14)19(27)22-7-8-26-12-24-18-17(26)10-20-11-23-18/h3-12H,1-2H3;2-6,9-12H,7-8H2,1H3,(H,22,27). The van der Waals surface area contributed by atoms with Gasteiger partial charge in [0.05, 0.1) is 18.2 Å². The molecule has 0 radical (unpaired) electrons. The van der Waals surface area contributed by atoms with Gasteiger partial charge in [-0.3, -0.25) is 14.4 Å². The Balaban J connectivity index is 0.000000157. The van der Waals surface area contributed by atoms with Crippen molar-refractivity contribution >= 4 is 40.8 Å². The zero-order chi connectivity index (χ0) is 34.1. The summed E-state index contributed by atoms with van der Waals surface area (Å²) in [5.41, 5.74) is 7.60. The van der Waals surface area contributed by atoms with E-state index in [1.807, 2.05) is 92.1 Å². The number of Topliss-reactive ketones (excluding diaryl/α,β-unsaturated/α-hetero) is 2. The van der Waals surface area contributed by atoms with E-state index >= 15 is 0 Å². The van der Waals surface area contributed by atoms with Crippen LogP contribution in [0.1, 0.15) is 51.9 Å². The molecule has 49 heavy (non-hydrogen) atoms. The second-order valence-electron chi connectivity index (χ2n) is 12.2. The molecular formula is C39H33N7O3. The van der Waals surface area contributed by atoms with Gasteiger partial charge >= 0.3 is 0 Å². The zero-order valence-electron chi connectivity index (χ0n) is 27.3. The molecule has 2 unspecified atom stereocenters. The van der Waals surface area contributed by atoms with Crippen LogP contribution in [0.3, 0.4) is 0 Å². The number of fused-ring (bicyclic) bond motifs is 6. The van der Waals surface area contributed by atoms with E-state index in [0.717, 1.165) is 49.5 Å². The average Bonchev–Trinajstić information content (AvgIpc) is 3.54. The molecule has 0 saturated carbocycles. The lowest BCUT2D eigenvalue weighted by molar-refractivity contribution is -0.122. The molecule has 0 fully saturated rings. The van der Waals surface area contributed by atoms with Crippen LogP contribution in [0.5, 0.6) is 0 Å². The van der Waals surface area contributed by atoms with Crippen molar-refractivity contribution in [2.75, 3.05) is 6.54 Å². The molecule has 2 atom stereocenters. The highest BCUT2D eigenvalue weighted by Crippen LogP contribution is 2.27. The number of ketones is 2. The number of carbonyl (C=O) groups is 3. The Morgan fingerprint density at radius 2 is 1.73 bits per heavy atom. The van der Waals surface area contributed by atoms with E-state index in [2.05, 4.69) is 30.2 Å². The van der Waals surface area contributed by atoms with Crippen LogP contribution in [0, 0.1) is 12.8 Å². The predicted molar refractivity (Wildman–Crippen MR) is 187 cm³/mol. The van der Waals surface area contributed by atoms with Crippen LogP contribution >= 0.6 is 0 Å². The normalized spacial score (nSPS) is 15.9. The number of nitrogens with one attached hydrogen (secondary N) is 1. The van der Waals surface area contributed by atoms with Crippen molar-refractivity contribution in [2.45, 2.75) is 33.2 Å². The maximum atomic E-state index is 12.5. The molecular weight excluding hydrogens is 614 g/mol. The van der Waals surface area contributed by atoms with Gasteiger partial charge in [-0.25, -0.2) is 24.9 Å². The maximum absolute atomic E-state index is 12.5. The van der Waals surface area contributed by atoms with Crippen molar-refractivity contribution in [1.29, 1.82) is 0 Å². The molecule has 10 heteroatoms. The van der Waals surface area contributed by atoms with Crippen molar-refractivity contribution in [3.05, 3.63) is 125 Å². The quantitative estimate of drug-likeness (QED) is 0.290. The minimum Gasteiger partial charge on any atom is -0.350 e. The van der Waals surface area contributed by atoms with Crippen LogP contribution in [0.15, 0.2) is 91.8 Å². The summed E-state index contributed by atoms with van der Waals surface area (Å²) in [6.07, 6.45) is 10.3. The first-order valence-electron chi connectivity index (χ1n) is 16.1. The molecule has 6 aromatic rings. The lowest BCUT2D eigenvalue weighted by Crippen LogP contribution is -2.40. The van der Waals surface area contributed by atoms with E-state index in [1.165, 1.54) is 6.33 Å². The molecule has 1 amide bonds. The topological polar surface area (TPSA) is 133 Å². The largest absolute Gasteiger partial charge is 0.350 e. The fraction of sp³-hybridized carbons (Fsp3) is 0.179. The smallest absolute Gasteiger partial charge is 0.251 e. The SMILES string of the molecule is CC1C=c2c(ccc3c2=CC(=O)c2ccccc2-3)C(C)C1=O.Cc1nccc(-c2cccc(C(=O)NCCn3cnc4ncncc43)c2)n1. The third-order valence-electron chi connectivity index (χ3n) is 8.97. The van der Waals surface area contributed by atoms with Gasteiger partial charge in [-0.1, -0.05) is 68.5 Å². The molecule has 3 aromatic carbocycles. The number of aryl methyl sites for hydroxylation is 1. The van der Waals surface area contributed by atoms with Crippen LogP contribution in [-0.4, -0.2) is 53.5 Å². The van der Waals surface area contributed by atoms with E-state index in [0.29, 0.717) is 30.1 Å². The Morgan fingerprint density at radius 1 is 0.898 bits per heavy atom. The molecule has 242 valence electrons. The lowest BCUT2D eigenvalue weighted by atomic mass is 9.79. The Bertz CT molecular complexity index is 2400. The highest BCUT2D eigenvalue weighted by Gasteiger charge is 2.27. The van der Waals surface area contributed by atoms with Gasteiger partial charge in [0.25, 0.3) is 5.91 Å². The van der Waals surface area contributed by atoms with Crippen molar-refractivity contribution in [1.82, 2.24) is 34.8 Å². The van der Waals surface area contributed by atoms with Gasteiger partial charge in [-0.15, -0.1) is 0 Å². The fourth-order valence-electron chi connectivity index (χ4n) is 6.44. The summed E-state index contributed by atoms with van der Waals surface area (Å²) in [5.74, 6) is 0.634. The highest BCUT2D eigenvalue weighted by molar-refractivity contribution is 6.22. The number of imidazole rings is 1. The summed E-state index contributed by atoms with van der Waals surface area (Å²) >= 11 is 0. The summed E-state index contributed by atoms with van der Waals surface area (Å²) in [5, 5.41) is 4.95. The van der Waals surface area contributed by atoms with Crippen LogP contribution in [0.4, 0.5) is 0 Å². The van der Waals surface area contributed by atoms with E-state index < -0.39 is 0 Å². The van der Waals surface area contributed by atoms with Crippen molar-refractivity contribution in [3.63, 3.8) is 0 Å². The summed E-state index contributed by atoms with van der Waals surface area (Å²) in [6.45, 7) is 6.77. The molecule has 0 aliphatic heterocycles. The molecule has 10 nitrogen and oxygen atoms in total. The highest BCUT2D eigenvalue weighted by atomic mass is 16.1. The minimum absolute atomic E-state index is 0.0436. The van der Waals surface area contributed by atoms with Crippen LogP contribution in [0.2, 0.25) is 0 Å². The summed E-state index contributed by atoms with van der Waals surface area (Å²) in [6, 6.07) is 21.0. The number of aromatic nitrogens is 6. The Kier molecular flexibility index (Phi) is 8.44. The second-order valence-corrected chi connectivity index (χ2v) is 12.2. The van der Waals surface area contributed by atoms with Gasteiger partial charge in [-0.05, 0) is 58.3 Å². The number of benzene rings is 3. The van der Waals surface area contributed by atoms with Crippen molar-refractivity contribution in [3.8, 4) is 22.4 Å². The summed E-state index contributed by atoms with van der Waals surface area (Å²) < 4.78 is 1.91. The molecule has 3 heterocycles. The average molecular weight is 648 g/mol. The van der Waals surface area contributed by atoms with Crippen LogP contribution in [-0.2, 0) is 11.3 Å².